The lowest BCUT2D eigenvalue weighted by molar-refractivity contribution is 0.497. The molecule has 0 spiro atoms. The predicted octanol–water partition coefficient (Wildman–Crippen LogP) is 5.58. The van der Waals surface area contributed by atoms with Gasteiger partial charge in [0.15, 0.2) is 11.6 Å². The highest BCUT2D eigenvalue weighted by Gasteiger charge is 2.13. The molecule has 0 aliphatic carbocycles. The molecule has 3 aromatic rings. The minimum Gasteiger partial charge on any atom is -0.378 e. The average molecular weight is 328 g/mol. The van der Waals surface area contributed by atoms with Gasteiger partial charge in [0.2, 0.25) is 0 Å². The van der Waals surface area contributed by atoms with Gasteiger partial charge in [-0.25, -0.2) is 13.2 Å². The lowest BCUT2D eigenvalue weighted by atomic mass is 10.2. The third kappa shape index (κ3) is 2.71. The first-order valence-corrected chi connectivity index (χ1v) is 7.30. The molecule has 0 aliphatic rings. The highest BCUT2D eigenvalue weighted by molar-refractivity contribution is 7.19. The Morgan fingerprint density at radius 2 is 1.86 bits per heavy atom. The maximum atomic E-state index is 13.6. The maximum absolute atomic E-state index is 13.6. The average Bonchev–Trinajstić information content (AvgIpc) is 2.78. The molecule has 0 amide bonds. The molecule has 1 N–H and O–H groups in total. The van der Waals surface area contributed by atoms with Crippen molar-refractivity contribution in [2.45, 2.75) is 6.54 Å². The van der Waals surface area contributed by atoms with Gasteiger partial charge in [0.1, 0.15) is 5.82 Å². The van der Waals surface area contributed by atoms with Gasteiger partial charge >= 0.3 is 0 Å². The van der Waals surface area contributed by atoms with Gasteiger partial charge in [-0.1, -0.05) is 29.8 Å². The van der Waals surface area contributed by atoms with E-state index in [0.29, 0.717) is 11.1 Å². The zero-order valence-corrected chi connectivity index (χ0v) is 12.2. The molecule has 1 aromatic heterocycles. The van der Waals surface area contributed by atoms with Crippen LogP contribution >= 0.6 is 22.9 Å². The Bertz CT molecular complexity index is 816. The summed E-state index contributed by atoms with van der Waals surface area (Å²) in [6.45, 7) is 0.192. The van der Waals surface area contributed by atoms with Crippen molar-refractivity contribution in [1.29, 1.82) is 0 Å². The van der Waals surface area contributed by atoms with Crippen LogP contribution in [0.4, 0.5) is 18.9 Å². The van der Waals surface area contributed by atoms with E-state index in [1.54, 1.807) is 0 Å². The van der Waals surface area contributed by atoms with Crippen molar-refractivity contribution in [1.82, 2.24) is 0 Å². The summed E-state index contributed by atoms with van der Waals surface area (Å²) < 4.78 is 40.8. The monoisotopic (exact) mass is 327 g/mol. The third-order valence-corrected chi connectivity index (χ3v) is 4.75. The number of anilines is 1. The van der Waals surface area contributed by atoms with Crippen molar-refractivity contribution in [2.75, 3.05) is 5.32 Å². The number of hydrogen-bond donors (Lipinski definition) is 1. The molecule has 1 nitrogen and oxygen atoms in total. The summed E-state index contributed by atoms with van der Waals surface area (Å²) in [4.78, 5) is 0.780. The fourth-order valence-corrected chi connectivity index (χ4v) is 3.48. The smallest absolute Gasteiger partial charge is 0.182 e. The Morgan fingerprint density at radius 1 is 1.10 bits per heavy atom. The van der Waals surface area contributed by atoms with Gasteiger partial charge in [-0.05, 0) is 6.07 Å². The normalized spacial score (nSPS) is 11.0. The zero-order chi connectivity index (χ0) is 15.0. The first-order chi connectivity index (χ1) is 10.1. The summed E-state index contributed by atoms with van der Waals surface area (Å²) in [6.07, 6.45) is 0. The van der Waals surface area contributed by atoms with Crippen molar-refractivity contribution in [2.24, 2.45) is 0 Å². The van der Waals surface area contributed by atoms with Crippen molar-refractivity contribution in [3.63, 3.8) is 0 Å². The van der Waals surface area contributed by atoms with E-state index in [1.165, 1.54) is 11.3 Å². The number of nitrogens with one attached hydrogen (secondary N) is 1. The minimum atomic E-state index is -1.22. The van der Waals surface area contributed by atoms with Crippen LogP contribution < -0.4 is 5.32 Å². The summed E-state index contributed by atoms with van der Waals surface area (Å²) in [7, 11) is 0. The van der Waals surface area contributed by atoms with Crippen molar-refractivity contribution >= 4 is 38.7 Å². The van der Waals surface area contributed by atoms with E-state index in [1.807, 2.05) is 24.3 Å². The van der Waals surface area contributed by atoms with E-state index in [9.17, 15) is 13.2 Å². The van der Waals surface area contributed by atoms with Gasteiger partial charge in [-0.15, -0.1) is 11.3 Å². The fourth-order valence-electron chi connectivity index (χ4n) is 2.04. The molecule has 0 atom stereocenters. The summed E-state index contributed by atoms with van der Waals surface area (Å²) in [5, 5.41) is 4.16. The van der Waals surface area contributed by atoms with E-state index >= 15 is 0 Å². The van der Waals surface area contributed by atoms with Crippen LogP contribution in [-0.2, 0) is 6.54 Å². The highest BCUT2D eigenvalue weighted by Crippen LogP contribution is 2.35. The van der Waals surface area contributed by atoms with E-state index < -0.39 is 17.5 Å². The molecule has 0 radical (unpaired) electrons. The standard InChI is InChI=1S/C15H9ClF3NS/c16-14-9-3-1-2-4-12(9)21-13(14)7-20-11-6-8(17)5-10(18)15(11)19/h1-6,20H,7H2. The van der Waals surface area contributed by atoms with Gasteiger partial charge in [0, 0.05) is 27.1 Å². The van der Waals surface area contributed by atoms with Crippen LogP contribution in [-0.4, -0.2) is 0 Å². The second-order valence-electron chi connectivity index (χ2n) is 4.44. The number of hydrogen-bond acceptors (Lipinski definition) is 2. The van der Waals surface area contributed by atoms with Crippen LogP contribution in [0.5, 0.6) is 0 Å². The molecule has 3 rings (SSSR count). The molecule has 6 heteroatoms. The Balaban J connectivity index is 1.89. The topological polar surface area (TPSA) is 12.0 Å². The van der Waals surface area contributed by atoms with E-state index in [4.69, 9.17) is 11.6 Å². The van der Waals surface area contributed by atoms with Crippen molar-refractivity contribution in [3.8, 4) is 0 Å². The van der Waals surface area contributed by atoms with Gasteiger partial charge in [0.25, 0.3) is 0 Å². The largest absolute Gasteiger partial charge is 0.378 e. The first-order valence-electron chi connectivity index (χ1n) is 6.10. The molecule has 0 aliphatic heterocycles. The van der Waals surface area contributed by atoms with Crippen LogP contribution in [0, 0.1) is 17.5 Å². The molecule has 0 fully saturated rings. The summed E-state index contributed by atoms with van der Waals surface area (Å²) >= 11 is 7.71. The van der Waals surface area contributed by atoms with Gasteiger partial charge in [0.05, 0.1) is 17.3 Å². The van der Waals surface area contributed by atoms with E-state index in [0.717, 1.165) is 21.0 Å². The Hall–Kier alpha value is -1.72. The fraction of sp³-hybridized carbons (Fsp3) is 0.0667. The SMILES string of the molecule is Fc1cc(F)c(F)c(NCc2sc3ccccc3c2Cl)c1. The summed E-state index contributed by atoms with van der Waals surface area (Å²) in [5.41, 5.74) is -0.221. The lowest BCUT2D eigenvalue weighted by Crippen LogP contribution is -2.02. The van der Waals surface area contributed by atoms with Crippen LogP contribution in [0.25, 0.3) is 10.1 Å². The maximum Gasteiger partial charge on any atom is 0.182 e. The van der Waals surface area contributed by atoms with Crippen LogP contribution in [0.15, 0.2) is 36.4 Å². The number of fused-ring (bicyclic) bond motifs is 1. The number of halogens is 4. The van der Waals surface area contributed by atoms with Crippen molar-refractivity contribution in [3.05, 3.63) is 63.7 Å². The van der Waals surface area contributed by atoms with Crippen molar-refractivity contribution < 1.29 is 13.2 Å². The van der Waals surface area contributed by atoms with Gasteiger partial charge < -0.3 is 5.32 Å². The third-order valence-electron chi connectivity index (χ3n) is 3.03. The van der Waals surface area contributed by atoms with Gasteiger partial charge in [-0.2, -0.15) is 0 Å². The number of thiophene rings is 1. The van der Waals surface area contributed by atoms with Crippen LogP contribution in [0.1, 0.15) is 4.88 Å². The molecule has 0 saturated carbocycles. The Kier molecular flexibility index (Phi) is 3.78. The number of benzene rings is 2. The highest BCUT2D eigenvalue weighted by atomic mass is 35.5. The molecule has 2 aromatic carbocycles. The van der Waals surface area contributed by atoms with Crippen LogP contribution in [0.2, 0.25) is 5.02 Å². The molecule has 0 bridgehead atoms. The number of rotatable bonds is 3. The Labute approximate surface area is 128 Å². The van der Waals surface area contributed by atoms with Crippen LogP contribution in [0.3, 0.4) is 0 Å². The minimum absolute atomic E-state index is 0.192. The predicted molar refractivity (Wildman–Crippen MR) is 80.5 cm³/mol. The molecule has 0 saturated heterocycles. The molecule has 21 heavy (non-hydrogen) atoms. The second kappa shape index (κ2) is 5.58. The zero-order valence-electron chi connectivity index (χ0n) is 10.6. The summed E-state index contributed by atoms with van der Waals surface area (Å²) in [6, 6.07) is 9.01. The quantitative estimate of drug-likeness (QED) is 0.619. The molecule has 1 heterocycles. The van der Waals surface area contributed by atoms with E-state index in [2.05, 4.69) is 5.32 Å². The van der Waals surface area contributed by atoms with E-state index in [-0.39, 0.29) is 12.2 Å². The molecular formula is C15H9ClF3NS. The summed E-state index contributed by atoms with van der Waals surface area (Å²) in [5.74, 6) is -3.16. The molecule has 108 valence electrons. The molecule has 0 unspecified atom stereocenters. The van der Waals surface area contributed by atoms with Gasteiger partial charge in [-0.3, -0.25) is 0 Å². The Morgan fingerprint density at radius 3 is 2.62 bits per heavy atom. The lowest BCUT2D eigenvalue weighted by Gasteiger charge is -2.07. The second-order valence-corrected chi connectivity index (χ2v) is 5.95. The first kappa shape index (κ1) is 14.2. The molecular weight excluding hydrogens is 319 g/mol.